The fraction of sp³-hybridized carbons (Fsp3) is 0.467. The molecule has 0 aromatic carbocycles. The van der Waals surface area contributed by atoms with Gasteiger partial charge in [0.2, 0.25) is 0 Å². The predicted molar refractivity (Wildman–Crippen MR) is 75.8 cm³/mol. The molecular formula is C15H17N5O. The summed E-state index contributed by atoms with van der Waals surface area (Å²) < 4.78 is 5.30. The van der Waals surface area contributed by atoms with Crippen LogP contribution in [0, 0.1) is 11.3 Å². The predicted octanol–water partition coefficient (Wildman–Crippen LogP) is 2.51. The molecule has 21 heavy (non-hydrogen) atoms. The third-order valence-electron chi connectivity index (χ3n) is 3.98. The highest BCUT2D eigenvalue weighted by molar-refractivity contribution is 5.48. The zero-order valence-corrected chi connectivity index (χ0v) is 11.7. The van der Waals surface area contributed by atoms with Gasteiger partial charge in [0.1, 0.15) is 11.8 Å². The molecule has 0 unspecified atom stereocenters. The molecule has 0 bridgehead atoms. The van der Waals surface area contributed by atoms with Crippen LogP contribution in [0.4, 0.5) is 0 Å². The lowest BCUT2D eigenvalue weighted by molar-refractivity contribution is 0.334. The molecule has 2 heterocycles. The average molecular weight is 283 g/mol. The zero-order chi connectivity index (χ0) is 14.7. The normalized spacial score (nSPS) is 17.9. The standard InChI is InChI=1S/C15H17N5O/c16-9-11-5-6-12(18-10-11)13-19-14(20-21-13)15(17)7-3-1-2-4-8-15/h5-6,10H,1-4,7-8,17H2. The van der Waals surface area contributed by atoms with Crippen LogP contribution in [0.25, 0.3) is 11.6 Å². The van der Waals surface area contributed by atoms with E-state index in [9.17, 15) is 0 Å². The number of aromatic nitrogens is 3. The Bertz CT molecular complexity index is 647. The van der Waals surface area contributed by atoms with E-state index >= 15 is 0 Å². The largest absolute Gasteiger partial charge is 0.332 e. The van der Waals surface area contributed by atoms with Crippen molar-refractivity contribution in [2.24, 2.45) is 5.73 Å². The first-order valence-corrected chi connectivity index (χ1v) is 7.21. The summed E-state index contributed by atoms with van der Waals surface area (Å²) in [6, 6.07) is 5.40. The molecule has 0 radical (unpaired) electrons. The molecule has 1 aliphatic carbocycles. The van der Waals surface area contributed by atoms with Gasteiger partial charge in [-0.2, -0.15) is 10.2 Å². The highest BCUT2D eigenvalue weighted by atomic mass is 16.5. The molecule has 2 aromatic rings. The molecule has 1 aliphatic rings. The Morgan fingerprint density at radius 1 is 1.19 bits per heavy atom. The summed E-state index contributed by atoms with van der Waals surface area (Å²) in [4.78, 5) is 8.58. The highest BCUT2D eigenvalue weighted by Gasteiger charge is 2.33. The summed E-state index contributed by atoms with van der Waals surface area (Å²) >= 11 is 0. The third-order valence-corrected chi connectivity index (χ3v) is 3.98. The number of nitrogens with two attached hydrogens (primary N) is 1. The molecule has 3 rings (SSSR count). The van der Waals surface area contributed by atoms with Crippen LogP contribution in [0.5, 0.6) is 0 Å². The van der Waals surface area contributed by atoms with Crippen molar-refractivity contribution in [3.8, 4) is 17.7 Å². The Balaban J connectivity index is 1.86. The van der Waals surface area contributed by atoms with E-state index in [0.717, 1.165) is 25.7 Å². The van der Waals surface area contributed by atoms with Crippen LogP contribution < -0.4 is 5.73 Å². The van der Waals surface area contributed by atoms with Crippen LogP contribution in [0.2, 0.25) is 0 Å². The summed E-state index contributed by atoms with van der Waals surface area (Å²) in [6.07, 6.45) is 7.86. The molecule has 0 saturated heterocycles. The van der Waals surface area contributed by atoms with Crippen molar-refractivity contribution in [1.82, 2.24) is 15.1 Å². The molecule has 0 atom stereocenters. The summed E-state index contributed by atoms with van der Waals surface area (Å²) in [5, 5.41) is 12.8. The number of hydrogen-bond donors (Lipinski definition) is 1. The van der Waals surface area contributed by atoms with Gasteiger partial charge in [-0.1, -0.05) is 30.8 Å². The first-order valence-electron chi connectivity index (χ1n) is 7.21. The lowest BCUT2D eigenvalue weighted by Crippen LogP contribution is -2.37. The fourth-order valence-electron chi connectivity index (χ4n) is 2.70. The van der Waals surface area contributed by atoms with Crippen LogP contribution >= 0.6 is 0 Å². The lowest BCUT2D eigenvalue weighted by atomic mass is 9.91. The van der Waals surface area contributed by atoms with Crippen molar-refractivity contribution in [2.45, 2.75) is 44.1 Å². The maximum atomic E-state index is 8.78. The van der Waals surface area contributed by atoms with E-state index in [4.69, 9.17) is 15.5 Å². The van der Waals surface area contributed by atoms with Gasteiger partial charge in [0.15, 0.2) is 5.82 Å². The van der Waals surface area contributed by atoms with Gasteiger partial charge >= 0.3 is 0 Å². The first-order chi connectivity index (χ1) is 10.2. The maximum Gasteiger partial charge on any atom is 0.276 e. The van der Waals surface area contributed by atoms with Crippen LogP contribution in [-0.2, 0) is 5.54 Å². The van der Waals surface area contributed by atoms with E-state index in [-0.39, 0.29) is 0 Å². The summed E-state index contributed by atoms with van der Waals surface area (Å²) in [5.41, 5.74) is 7.03. The van der Waals surface area contributed by atoms with E-state index in [0.29, 0.717) is 23.0 Å². The first kappa shape index (κ1) is 13.7. The molecular weight excluding hydrogens is 266 g/mol. The molecule has 6 nitrogen and oxygen atoms in total. The van der Waals surface area contributed by atoms with Crippen molar-refractivity contribution >= 4 is 0 Å². The van der Waals surface area contributed by atoms with E-state index in [1.165, 1.54) is 19.0 Å². The molecule has 1 fully saturated rings. The van der Waals surface area contributed by atoms with E-state index < -0.39 is 5.54 Å². The number of nitrogens with zero attached hydrogens (tertiary/aromatic N) is 4. The minimum Gasteiger partial charge on any atom is -0.332 e. The van der Waals surface area contributed by atoms with Gasteiger partial charge in [0.05, 0.1) is 11.1 Å². The van der Waals surface area contributed by atoms with Gasteiger partial charge in [-0.3, -0.25) is 0 Å². The third kappa shape index (κ3) is 2.78. The Kier molecular flexibility index (Phi) is 3.67. The van der Waals surface area contributed by atoms with Gasteiger partial charge in [0, 0.05) is 6.20 Å². The summed E-state index contributed by atoms with van der Waals surface area (Å²) in [5.74, 6) is 0.911. The van der Waals surface area contributed by atoms with E-state index in [1.807, 2.05) is 6.07 Å². The van der Waals surface area contributed by atoms with E-state index in [2.05, 4.69) is 15.1 Å². The second-order valence-corrected chi connectivity index (χ2v) is 5.54. The highest BCUT2D eigenvalue weighted by Crippen LogP contribution is 2.32. The molecule has 1 saturated carbocycles. The number of nitriles is 1. The summed E-state index contributed by atoms with van der Waals surface area (Å²) in [6.45, 7) is 0. The van der Waals surface area contributed by atoms with Crippen molar-refractivity contribution < 1.29 is 4.52 Å². The van der Waals surface area contributed by atoms with Crippen molar-refractivity contribution in [3.63, 3.8) is 0 Å². The molecule has 108 valence electrons. The number of hydrogen-bond acceptors (Lipinski definition) is 6. The molecule has 2 aromatic heterocycles. The number of pyridine rings is 1. The van der Waals surface area contributed by atoms with Gasteiger partial charge in [-0.15, -0.1) is 0 Å². The second-order valence-electron chi connectivity index (χ2n) is 5.54. The molecule has 6 heteroatoms. The molecule has 0 aliphatic heterocycles. The SMILES string of the molecule is N#Cc1ccc(-c2nc(C3(N)CCCCCC3)no2)nc1. The van der Waals surface area contributed by atoms with Gasteiger partial charge in [-0.05, 0) is 25.0 Å². The minimum atomic E-state index is -0.495. The fourth-order valence-corrected chi connectivity index (χ4v) is 2.70. The average Bonchev–Trinajstić information content (AvgIpc) is 2.92. The Labute approximate surface area is 123 Å². The van der Waals surface area contributed by atoms with Crippen molar-refractivity contribution in [3.05, 3.63) is 29.7 Å². The Morgan fingerprint density at radius 3 is 2.57 bits per heavy atom. The van der Waals surface area contributed by atoms with Crippen molar-refractivity contribution in [2.75, 3.05) is 0 Å². The lowest BCUT2D eigenvalue weighted by Gasteiger charge is -2.23. The van der Waals surface area contributed by atoms with Crippen LogP contribution in [0.1, 0.15) is 49.9 Å². The van der Waals surface area contributed by atoms with Gasteiger partial charge in [0.25, 0.3) is 5.89 Å². The maximum absolute atomic E-state index is 8.78. The molecule has 2 N–H and O–H groups in total. The minimum absolute atomic E-state index is 0.351. The van der Waals surface area contributed by atoms with Gasteiger partial charge in [-0.25, -0.2) is 4.98 Å². The smallest absolute Gasteiger partial charge is 0.276 e. The van der Waals surface area contributed by atoms with Gasteiger partial charge < -0.3 is 10.3 Å². The summed E-state index contributed by atoms with van der Waals surface area (Å²) in [7, 11) is 0. The quantitative estimate of drug-likeness (QED) is 0.850. The van der Waals surface area contributed by atoms with Crippen LogP contribution in [0.3, 0.4) is 0 Å². The topological polar surface area (TPSA) is 102 Å². The Hall–Kier alpha value is -2.26. The van der Waals surface area contributed by atoms with E-state index in [1.54, 1.807) is 12.1 Å². The zero-order valence-electron chi connectivity index (χ0n) is 11.7. The van der Waals surface area contributed by atoms with Crippen molar-refractivity contribution in [1.29, 1.82) is 5.26 Å². The second kappa shape index (κ2) is 5.62. The molecule has 0 spiro atoms. The monoisotopic (exact) mass is 283 g/mol. The Morgan fingerprint density at radius 2 is 1.95 bits per heavy atom. The molecule has 0 amide bonds. The number of rotatable bonds is 2. The van der Waals surface area contributed by atoms with Crippen LogP contribution in [0.15, 0.2) is 22.9 Å². The van der Waals surface area contributed by atoms with Crippen LogP contribution in [-0.4, -0.2) is 15.1 Å².